The Balaban J connectivity index is 1.74. The largest absolute Gasteiger partial charge is 0.326 e. The molecule has 0 saturated heterocycles. The maximum absolute atomic E-state index is 11.7. The van der Waals surface area contributed by atoms with E-state index >= 15 is 0 Å². The van der Waals surface area contributed by atoms with Crippen LogP contribution in [0.2, 0.25) is 0 Å². The number of anilines is 2. The minimum atomic E-state index is -0.108. The van der Waals surface area contributed by atoms with E-state index in [9.17, 15) is 9.59 Å². The minimum Gasteiger partial charge on any atom is -0.326 e. The van der Waals surface area contributed by atoms with Gasteiger partial charge in [-0.1, -0.05) is 0 Å². The molecule has 102 valence electrons. The first-order valence-corrected chi connectivity index (χ1v) is 6.54. The molecule has 2 rings (SSSR count). The highest BCUT2D eigenvalue weighted by atomic mass is 16.2. The van der Waals surface area contributed by atoms with Crippen LogP contribution in [0.4, 0.5) is 11.4 Å². The summed E-state index contributed by atoms with van der Waals surface area (Å²) in [5.41, 5.74) is 1.46. The Morgan fingerprint density at radius 1 is 1.11 bits per heavy atom. The molecule has 0 bridgehead atoms. The molecule has 5 nitrogen and oxygen atoms in total. The molecule has 19 heavy (non-hydrogen) atoms. The molecule has 1 saturated carbocycles. The topological polar surface area (TPSA) is 70.2 Å². The number of carbonyl (C=O) groups excluding carboxylic acids is 2. The van der Waals surface area contributed by atoms with Crippen LogP contribution in [-0.2, 0) is 9.59 Å². The van der Waals surface area contributed by atoms with Crippen molar-refractivity contribution in [2.75, 3.05) is 17.2 Å². The Hall–Kier alpha value is -1.88. The lowest BCUT2D eigenvalue weighted by atomic mass is 10.2. The van der Waals surface area contributed by atoms with Crippen molar-refractivity contribution < 1.29 is 9.59 Å². The Kier molecular flexibility index (Phi) is 4.52. The van der Waals surface area contributed by atoms with Gasteiger partial charge in [0.25, 0.3) is 0 Å². The highest BCUT2D eigenvalue weighted by molar-refractivity contribution is 5.92. The van der Waals surface area contributed by atoms with Gasteiger partial charge < -0.3 is 16.0 Å². The fraction of sp³-hybridized carbons (Fsp3) is 0.429. The van der Waals surface area contributed by atoms with E-state index in [0.29, 0.717) is 12.5 Å². The molecule has 0 radical (unpaired) electrons. The molecule has 0 atom stereocenters. The first kappa shape index (κ1) is 13.5. The van der Waals surface area contributed by atoms with Gasteiger partial charge in [-0.3, -0.25) is 9.59 Å². The second-order valence-electron chi connectivity index (χ2n) is 4.79. The van der Waals surface area contributed by atoms with Crippen LogP contribution in [0.25, 0.3) is 0 Å². The first-order valence-electron chi connectivity index (χ1n) is 6.54. The van der Waals surface area contributed by atoms with Crippen LogP contribution >= 0.6 is 0 Å². The second kappa shape index (κ2) is 6.33. The number of rotatable bonds is 6. The number of carbonyl (C=O) groups is 2. The standard InChI is InChI=1S/C14H19N3O2/c1-10(18)16-12-4-6-13(7-5-12)17-14(19)8-9-15-11-2-3-11/h4-7,11,15H,2-3,8-9H2,1H3,(H,16,18)(H,17,19). The molecule has 1 aliphatic carbocycles. The molecule has 0 aromatic heterocycles. The summed E-state index contributed by atoms with van der Waals surface area (Å²) in [5.74, 6) is -0.108. The number of amides is 2. The van der Waals surface area contributed by atoms with Crippen molar-refractivity contribution in [3.05, 3.63) is 24.3 Å². The van der Waals surface area contributed by atoms with Gasteiger partial charge in [0.2, 0.25) is 11.8 Å². The molecule has 0 spiro atoms. The van der Waals surface area contributed by atoms with Gasteiger partial charge in [0.15, 0.2) is 0 Å². The SMILES string of the molecule is CC(=O)Nc1ccc(NC(=O)CCNC2CC2)cc1. The summed E-state index contributed by atoms with van der Waals surface area (Å²) >= 11 is 0. The molecule has 1 aromatic rings. The third kappa shape index (κ3) is 5.09. The average molecular weight is 261 g/mol. The summed E-state index contributed by atoms with van der Waals surface area (Å²) in [4.78, 5) is 22.5. The predicted molar refractivity (Wildman–Crippen MR) is 75.0 cm³/mol. The molecule has 3 N–H and O–H groups in total. The third-order valence-electron chi connectivity index (χ3n) is 2.85. The number of benzene rings is 1. The van der Waals surface area contributed by atoms with Crippen LogP contribution in [0.3, 0.4) is 0 Å². The van der Waals surface area contributed by atoms with E-state index in [1.807, 2.05) is 0 Å². The molecular formula is C14H19N3O2. The number of hydrogen-bond donors (Lipinski definition) is 3. The average Bonchev–Trinajstić information content (AvgIpc) is 3.15. The summed E-state index contributed by atoms with van der Waals surface area (Å²) in [6, 6.07) is 7.71. The summed E-state index contributed by atoms with van der Waals surface area (Å²) in [6.07, 6.45) is 2.93. The monoisotopic (exact) mass is 261 g/mol. The zero-order valence-electron chi connectivity index (χ0n) is 11.0. The third-order valence-corrected chi connectivity index (χ3v) is 2.85. The van der Waals surface area contributed by atoms with Crippen molar-refractivity contribution in [2.24, 2.45) is 0 Å². The van der Waals surface area contributed by atoms with Crippen LogP contribution in [0.15, 0.2) is 24.3 Å². The highest BCUT2D eigenvalue weighted by Gasteiger charge is 2.20. The zero-order chi connectivity index (χ0) is 13.7. The fourth-order valence-corrected chi connectivity index (χ4v) is 1.74. The molecule has 1 aromatic carbocycles. The van der Waals surface area contributed by atoms with Gasteiger partial charge >= 0.3 is 0 Å². The van der Waals surface area contributed by atoms with Gasteiger partial charge in [-0.2, -0.15) is 0 Å². The van der Waals surface area contributed by atoms with Crippen molar-refractivity contribution >= 4 is 23.2 Å². The van der Waals surface area contributed by atoms with Crippen LogP contribution in [0.5, 0.6) is 0 Å². The quantitative estimate of drug-likeness (QED) is 0.730. The van der Waals surface area contributed by atoms with E-state index in [1.54, 1.807) is 24.3 Å². The van der Waals surface area contributed by atoms with Gasteiger partial charge in [-0.25, -0.2) is 0 Å². The van der Waals surface area contributed by atoms with E-state index in [-0.39, 0.29) is 11.8 Å². The molecule has 1 fully saturated rings. The fourth-order valence-electron chi connectivity index (χ4n) is 1.74. The number of hydrogen-bond acceptors (Lipinski definition) is 3. The Morgan fingerprint density at radius 2 is 1.68 bits per heavy atom. The summed E-state index contributed by atoms with van der Waals surface area (Å²) < 4.78 is 0. The Morgan fingerprint density at radius 3 is 2.21 bits per heavy atom. The molecule has 2 amide bonds. The maximum atomic E-state index is 11.7. The van der Waals surface area contributed by atoms with Gasteiger partial charge in [0.1, 0.15) is 0 Å². The summed E-state index contributed by atoms with van der Waals surface area (Å²) in [7, 11) is 0. The van der Waals surface area contributed by atoms with Gasteiger partial charge in [0, 0.05) is 37.3 Å². The van der Waals surface area contributed by atoms with Crippen molar-refractivity contribution in [3.63, 3.8) is 0 Å². The predicted octanol–water partition coefficient (Wildman–Crippen LogP) is 1.73. The van der Waals surface area contributed by atoms with Crippen LogP contribution in [0.1, 0.15) is 26.2 Å². The first-order chi connectivity index (χ1) is 9.13. The van der Waals surface area contributed by atoms with Crippen molar-refractivity contribution in [2.45, 2.75) is 32.2 Å². The van der Waals surface area contributed by atoms with Crippen LogP contribution in [0, 0.1) is 0 Å². The zero-order valence-corrected chi connectivity index (χ0v) is 11.0. The second-order valence-corrected chi connectivity index (χ2v) is 4.79. The van der Waals surface area contributed by atoms with Crippen LogP contribution < -0.4 is 16.0 Å². The Labute approximate surface area is 112 Å². The van der Waals surface area contributed by atoms with E-state index in [1.165, 1.54) is 19.8 Å². The van der Waals surface area contributed by atoms with Crippen molar-refractivity contribution in [1.29, 1.82) is 0 Å². The normalized spacial score (nSPS) is 13.9. The van der Waals surface area contributed by atoms with Crippen molar-refractivity contribution in [1.82, 2.24) is 5.32 Å². The van der Waals surface area contributed by atoms with E-state index in [2.05, 4.69) is 16.0 Å². The Bertz CT molecular complexity index is 452. The minimum absolute atomic E-state index is 0.000395. The molecule has 0 heterocycles. The molecular weight excluding hydrogens is 242 g/mol. The van der Waals surface area contributed by atoms with Crippen LogP contribution in [-0.4, -0.2) is 24.4 Å². The smallest absolute Gasteiger partial charge is 0.225 e. The van der Waals surface area contributed by atoms with Gasteiger partial charge in [-0.05, 0) is 37.1 Å². The molecule has 0 unspecified atom stereocenters. The lowest BCUT2D eigenvalue weighted by molar-refractivity contribution is -0.116. The molecule has 0 aliphatic heterocycles. The summed E-state index contributed by atoms with van der Waals surface area (Å²) in [6.45, 7) is 2.18. The molecule has 1 aliphatic rings. The molecule has 5 heteroatoms. The number of nitrogens with one attached hydrogen (secondary N) is 3. The van der Waals surface area contributed by atoms with Gasteiger partial charge in [-0.15, -0.1) is 0 Å². The maximum Gasteiger partial charge on any atom is 0.225 e. The highest BCUT2D eigenvalue weighted by Crippen LogP contribution is 2.18. The van der Waals surface area contributed by atoms with E-state index in [4.69, 9.17) is 0 Å². The van der Waals surface area contributed by atoms with E-state index < -0.39 is 0 Å². The summed E-state index contributed by atoms with van der Waals surface area (Å²) in [5, 5.41) is 8.80. The lowest BCUT2D eigenvalue weighted by Gasteiger charge is -2.07. The lowest BCUT2D eigenvalue weighted by Crippen LogP contribution is -2.23. The van der Waals surface area contributed by atoms with E-state index in [0.717, 1.165) is 17.9 Å². The van der Waals surface area contributed by atoms with Gasteiger partial charge in [0.05, 0.1) is 0 Å². The van der Waals surface area contributed by atoms with Crippen molar-refractivity contribution in [3.8, 4) is 0 Å².